The van der Waals surface area contributed by atoms with Gasteiger partial charge in [-0.05, 0) is 100 Å². The number of nitrogens with one attached hydrogen (secondary N) is 2. The van der Waals surface area contributed by atoms with E-state index in [0.717, 1.165) is 50.5 Å². The van der Waals surface area contributed by atoms with Gasteiger partial charge >= 0.3 is 6.16 Å². The quantitative estimate of drug-likeness (QED) is 0.174. The molecule has 0 aliphatic carbocycles. The number of aromatic amines is 1. The van der Waals surface area contributed by atoms with Crippen molar-refractivity contribution >= 4 is 50.2 Å². The van der Waals surface area contributed by atoms with E-state index in [1.807, 2.05) is 67.7 Å². The third-order valence-corrected chi connectivity index (χ3v) is 12.1. The van der Waals surface area contributed by atoms with E-state index in [9.17, 15) is 9.59 Å². The van der Waals surface area contributed by atoms with Gasteiger partial charge < -0.3 is 19.8 Å². The smallest absolute Gasteiger partial charge is 0.430 e. The van der Waals surface area contributed by atoms with Gasteiger partial charge in [-0.3, -0.25) is 4.79 Å². The minimum atomic E-state index is -1.15. The van der Waals surface area contributed by atoms with Crippen molar-refractivity contribution in [1.82, 2.24) is 4.98 Å². The van der Waals surface area contributed by atoms with Gasteiger partial charge in [-0.15, -0.1) is 0 Å². The molecule has 3 saturated heterocycles. The standard InChI is InChI=1S/C28H31IN2O4S/c1-30-23-9-7-20(8-10-23)27(21-4-2-5-22(29)16-21)35-28(33)34-26-18-36(14-11-19(26)12-15-36)17-25(32)24-6-3-13-31-24/h2-10,13,16,19,26-27,30-31H,11-12,14-15,17-18H2,1H3/t26-,27?/m0/s1. The topological polar surface area (TPSA) is 80.4 Å². The number of rotatable bonds is 8. The number of H-pyrrole nitrogens is 1. The summed E-state index contributed by atoms with van der Waals surface area (Å²) in [5, 5.41) is 3.12. The number of ether oxygens (including phenoxy) is 2. The van der Waals surface area contributed by atoms with Crippen LogP contribution in [0.1, 0.15) is 40.6 Å². The molecule has 3 aliphatic heterocycles. The fourth-order valence-corrected chi connectivity index (χ4v) is 10.2. The zero-order chi connectivity index (χ0) is 25.1. The Hall–Kier alpha value is -2.46. The van der Waals surface area contributed by atoms with Crippen LogP contribution in [0.25, 0.3) is 0 Å². The summed E-state index contributed by atoms with van der Waals surface area (Å²) in [5.41, 5.74) is 3.45. The van der Waals surface area contributed by atoms with Gasteiger partial charge in [-0.25, -0.2) is 14.8 Å². The predicted octanol–water partition coefficient (Wildman–Crippen LogP) is 6.38. The number of aromatic nitrogens is 1. The Balaban J connectivity index is 1.30. The molecule has 0 saturated carbocycles. The van der Waals surface area contributed by atoms with Crippen molar-refractivity contribution in [2.45, 2.75) is 25.0 Å². The highest BCUT2D eigenvalue weighted by molar-refractivity contribution is 14.1. The molecule has 0 spiro atoms. The molecule has 1 unspecified atom stereocenters. The van der Waals surface area contributed by atoms with Gasteiger partial charge in [-0.1, -0.05) is 24.3 Å². The fourth-order valence-electron chi connectivity index (χ4n) is 5.34. The summed E-state index contributed by atoms with van der Waals surface area (Å²) < 4.78 is 13.1. The molecule has 6 nitrogen and oxygen atoms in total. The van der Waals surface area contributed by atoms with Crippen LogP contribution in [0.2, 0.25) is 0 Å². The average Bonchev–Trinajstić information content (AvgIpc) is 3.43. The van der Waals surface area contributed by atoms with E-state index in [2.05, 4.69) is 32.9 Å². The Morgan fingerprint density at radius 1 is 1.08 bits per heavy atom. The molecule has 2 N–H and O–H groups in total. The van der Waals surface area contributed by atoms with E-state index in [1.54, 1.807) is 6.20 Å². The minimum Gasteiger partial charge on any atom is -0.430 e. The van der Waals surface area contributed by atoms with E-state index in [4.69, 9.17) is 9.47 Å². The molecule has 0 radical (unpaired) electrons. The number of hydrogen-bond donors (Lipinski definition) is 2. The zero-order valence-electron chi connectivity index (χ0n) is 20.2. The number of ketones is 1. The number of Topliss-reactive ketones (excluding diaryl/α,β-unsaturated/α-hetero) is 1. The second-order valence-corrected chi connectivity index (χ2v) is 14.8. The van der Waals surface area contributed by atoms with Crippen LogP contribution in [-0.2, 0) is 9.47 Å². The number of benzene rings is 2. The number of fused-ring (bicyclic) bond motifs is 3. The number of carbonyl (C=O) groups is 2. The molecular formula is C28H31IN2O4S. The second kappa shape index (κ2) is 10.9. The highest BCUT2D eigenvalue weighted by Gasteiger charge is 2.45. The van der Waals surface area contributed by atoms with Gasteiger partial charge in [0.1, 0.15) is 6.10 Å². The Morgan fingerprint density at radius 3 is 2.53 bits per heavy atom. The molecule has 3 aromatic rings. The van der Waals surface area contributed by atoms with Crippen molar-refractivity contribution in [3.8, 4) is 0 Å². The molecule has 2 bridgehead atoms. The summed E-state index contributed by atoms with van der Waals surface area (Å²) in [4.78, 5) is 29.1. The molecule has 3 aliphatic rings. The molecule has 8 heteroatoms. The first kappa shape index (κ1) is 25.2. The lowest BCUT2D eigenvalue weighted by Gasteiger charge is -2.53. The molecule has 4 heterocycles. The molecule has 0 amide bonds. The highest BCUT2D eigenvalue weighted by Crippen LogP contribution is 2.60. The summed E-state index contributed by atoms with van der Waals surface area (Å²) in [7, 11) is 0.727. The monoisotopic (exact) mass is 618 g/mol. The summed E-state index contributed by atoms with van der Waals surface area (Å²) in [5.74, 6) is 4.05. The number of hydrogen-bond acceptors (Lipinski definition) is 5. The van der Waals surface area contributed by atoms with Gasteiger partial charge in [0.05, 0.1) is 5.69 Å². The predicted molar refractivity (Wildman–Crippen MR) is 153 cm³/mol. The zero-order valence-corrected chi connectivity index (χ0v) is 23.2. The number of anilines is 1. The van der Waals surface area contributed by atoms with Crippen LogP contribution in [0.4, 0.5) is 10.5 Å². The summed E-state index contributed by atoms with van der Waals surface area (Å²) in [6.07, 6.45) is 2.42. The van der Waals surface area contributed by atoms with Crippen LogP contribution < -0.4 is 5.32 Å². The Labute approximate surface area is 227 Å². The first-order valence-corrected chi connectivity index (χ1v) is 15.6. The van der Waals surface area contributed by atoms with Gasteiger partial charge in [0.2, 0.25) is 0 Å². The van der Waals surface area contributed by atoms with E-state index in [-0.39, 0.29) is 11.9 Å². The van der Waals surface area contributed by atoms with Crippen molar-refractivity contribution in [1.29, 1.82) is 0 Å². The maximum atomic E-state index is 13.1. The summed E-state index contributed by atoms with van der Waals surface area (Å²) >= 11 is 2.27. The Morgan fingerprint density at radius 2 is 1.86 bits per heavy atom. The number of carbonyl (C=O) groups excluding carboxylic acids is 2. The van der Waals surface area contributed by atoms with Gasteiger partial charge in [0.15, 0.2) is 11.9 Å². The maximum absolute atomic E-state index is 13.1. The van der Waals surface area contributed by atoms with Crippen molar-refractivity contribution in [3.63, 3.8) is 0 Å². The second-order valence-electron chi connectivity index (χ2n) is 9.62. The molecule has 1 aromatic heterocycles. The normalized spacial score (nSPS) is 25.4. The summed E-state index contributed by atoms with van der Waals surface area (Å²) in [6.45, 7) is 0. The lowest BCUT2D eigenvalue weighted by atomic mass is 9.96. The molecule has 36 heavy (non-hydrogen) atoms. The Kier molecular flexibility index (Phi) is 7.62. The van der Waals surface area contributed by atoms with E-state index in [0.29, 0.717) is 17.4 Å². The lowest BCUT2D eigenvalue weighted by molar-refractivity contribution is -0.00759. The van der Waals surface area contributed by atoms with Crippen LogP contribution in [0, 0.1) is 9.49 Å². The van der Waals surface area contributed by atoms with Crippen molar-refractivity contribution in [3.05, 3.63) is 87.3 Å². The minimum absolute atomic E-state index is 0.167. The van der Waals surface area contributed by atoms with Gasteiger partial charge in [-0.2, -0.15) is 0 Å². The van der Waals surface area contributed by atoms with E-state index < -0.39 is 22.3 Å². The molecule has 2 atom stereocenters. The van der Waals surface area contributed by atoms with Crippen LogP contribution in [-0.4, -0.2) is 53.1 Å². The fraction of sp³-hybridized carbons (Fsp3) is 0.357. The molecule has 190 valence electrons. The Bertz CT molecular complexity index is 1210. The first-order chi connectivity index (χ1) is 17.4. The third kappa shape index (κ3) is 5.59. The van der Waals surface area contributed by atoms with Crippen molar-refractivity contribution < 1.29 is 19.1 Å². The van der Waals surface area contributed by atoms with E-state index in [1.165, 1.54) is 0 Å². The highest BCUT2D eigenvalue weighted by atomic mass is 127. The van der Waals surface area contributed by atoms with Gasteiger partial charge in [0.25, 0.3) is 0 Å². The molecule has 6 rings (SSSR count). The lowest BCUT2D eigenvalue weighted by Crippen LogP contribution is -2.46. The van der Waals surface area contributed by atoms with Crippen LogP contribution in [0.5, 0.6) is 0 Å². The molecule has 2 aromatic carbocycles. The van der Waals surface area contributed by atoms with Gasteiger partial charge in [0, 0.05) is 34.0 Å². The van der Waals surface area contributed by atoms with Crippen molar-refractivity contribution in [2.24, 2.45) is 5.92 Å². The van der Waals surface area contributed by atoms with E-state index >= 15 is 0 Å². The average molecular weight is 619 g/mol. The third-order valence-electron chi connectivity index (χ3n) is 7.34. The maximum Gasteiger partial charge on any atom is 0.509 e. The van der Waals surface area contributed by atoms with Crippen molar-refractivity contribution in [2.75, 3.05) is 35.4 Å². The van der Waals surface area contributed by atoms with Crippen LogP contribution in [0.15, 0.2) is 66.9 Å². The summed E-state index contributed by atoms with van der Waals surface area (Å²) in [6, 6.07) is 19.6. The van der Waals surface area contributed by atoms with Crippen LogP contribution >= 0.6 is 32.6 Å². The van der Waals surface area contributed by atoms with Crippen LogP contribution in [0.3, 0.4) is 0 Å². The first-order valence-electron chi connectivity index (χ1n) is 12.3. The molecule has 3 fully saturated rings. The number of halogens is 1. The molecular weight excluding hydrogens is 587 g/mol. The SMILES string of the molecule is CNc1ccc(C(OC(=O)O[C@H]2CS3(CC(=O)c4ccc[nH]4)CCC2CC3)c2cccc(I)c2)cc1. The largest absolute Gasteiger partial charge is 0.509 e.